The summed E-state index contributed by atoms with van der Waals surface area (Å²) in [6, 6.07) is 0. The van der Waals surface area contributed by atoms with E-state index in [9.17, 15) is 9.90 Å². The van der Waals surface area contributed by atoms with Crippen molar-refractivity contribution in [3.8, 4) is 0 Å². The van der Waals surface area contributed by atoms with Crippen LogP contribution in [0.5, 0.6) is 0 Å². The molecule has 2 N–H and O–H groups in total. The molecule has 0 aliphatic heterocycles. The molecule has 0 aromatic heterocycles. The van der Waals surface area contributed by atoms with Gasteiger partial charge in [-0.15, -0.1) is 0 Å². The predicted octanol–water partition coefficient (Wildman–Crippen LogP) is 1.81. The van der Waals surface area contributed by atoms with Crippen LogP contribution in [0.15, 0.2) is 0 Å². The van der Waals surface area contributed by atoms with Gasteiger partial charge < -0.3 is 15.3 Å². The van der Waals surface area contributed by atoms with Gasteiger partial charge in [-0.2, -0.15) is 0 Å². The van der Waals surface area contributed by atoms with Gasteiger partial charge in [0.1, 0.15) is 5.54 Å². The Hall–Kier alpha value is -0.610. The molecule has 1 fully saturated rings. The Morgan fingerprint density at radius 2 is 2.17 bits per heavy atom. The molecule has 0 saturated heterocycles. The number of hydrogen-bond donors (Lipinski definition) is 2. The zero-order valence-corrected chi connectivity index (χ0v) is 12.2. The third-order valence-electron chi connectivity index (χ3n) is 4.08. The number of rotatable bonds is 9. The molecule has 18 heavy (non-hydrogen) atoms. The van der Waals surface area contributed by atoms with Crippen LogP contribution in [0.4, 0.5) is 0 Å². The van der Waals surface area contributed by atoms with Crippen LogP contribution in [0.25, 0.3) is 0 Å². The third kappa shape index (κ3) is 4.58. The summed E-state index contributed by atoms with van der Waals surface area (Å²) < 4.78 is 0. The minimum atomic E-state index is -0.775. The molecule has 0 spiro atoms. The van der Waals surface area contributed by atoms with E-state index in [1.54, 1.807) is 6.92 Å². The zero-order valence-electron chi connectivity index (χ0n) is 12.2. The van der Waals surface area contributed by atoms with Crippen molar-refractivity contribution in [2.45, 2.75) is 45.6 Å². The van der Waals surface area contributed by atoms with Crippen LogP contribution >= 0.6 is 0 Å². The molecule has 1 rings (SSSR count). The molecule has 106 valence electrons. The largest absolute Gasteiger partial charge is 0.480 e. The van der Waals surface area contributed by atoms with Crippen molar-refractivity contribution >= 4 is 5.97 Å². The minimum absolute atomic E-state index is 0.681. The van der Waals surface area contributed by atoms with E-state index in [2.05, 4.69) is 24.2 Å². The topological polar surface area (TPSA) is 52.6 Å². The number of carboxylic acid groups (broad SMARTS) is 1. The molecule has 0 aromatic rings. The number of hydrogen-bond acceptors (Lipinski definition) is 3. The smallest absolute Gasteiger partial charge is 0.323 e. The van der Waals surface area contributed by atoms with E-state index in [-0.39, 0.29) is 0 Å². The monoisotopic (exact) mass is 256 g/mol. The van der Waals surface area contributed by atoms with Gasteiger partial charge in [0.2, 0.25) is 0 Å². The van der Waals surface area contributed by atoms with Gasteiger partial charge in [0.05, 0.1) is 0 Å². The van der Waals surface area contributed by atoms with Crippen LogP contribution in [0.2, 0.25) is 0 Å². The highest BCUT2D eigenvalue weighted by atomic mass is 16.4. The second-order valence-electron chi connectivity index (χ2n) is 6.01. The predicted molar refractivity (Wildman–Crippen MR) is 73.7 cm³/mol. The van der Waals surface area contributed by atoms with Crippen molar-refractivity contribution < 1.29 is 9.90 Å². The molecule has 3 atom stereocenters. The molecular weight excluding hydrogens is 228 g/mol. The lowest BCUT2D eigenvalue weighted by atomic mass is 9.95. The van der Waals surface area contributed by atoms with E-state index in [0.717, 1.165) is 31.3 Å². The van der Waals surface area contributed by atoms with Crippen molar-refractivity contribution in [3.63, 3.8) is 0 Å². The van der Waals surface area contributed by atoms with Crippen LogP contribution in [-0.4, -0.2) is 48.2 Å². The second kappa shape index (κ2) is 6.53. The Labute approximate surface area is 111 Å². The first-order valence-electron chi connectivity index (χ1n) is 7.06. The van der Waals surface area contributed by atoms with Gasteiger partial charge in [-0.1, -0.05) is 13.8 Å². The Morgan fingerprint density at radius 3 is 2.61 bits per heavy atom. The Kier molecular flexibility index (Phi) is 5.60. The minimum Gasteiger partial charge on any atom is -0.480 e. The van der Waals surface area contributed by atoms with E-state index in [1.807, 2.05) is 6.92 Å². The van der Waals surface area contributed by atoms with Crippen LogP contribution in [0.3, 0.4) is 0 Å². The fourth-order valence-corrected chi connectivity index (χ4v) is 2.51. The molecule has 0 bridgehead atoms. The van der Waals surface area contributed by atoms with Crippen molar-refractivity contribution in [1.82, 2.24) is 10.2 Å². The first-order chi connectivity index (χ1) is 8.39. The SMILES string of the molecule is CCNC(C)(CCCN(C)CC1CC1C)C(=O)O. The van der Waals surface area contributed by atoms with Gasteiger partial charge in [-0.05, 0) is 58.2 Å². The van der Waals surface area contributed by atoms with Crippen LogP contribution in [0, 0.1) is 11.8 Å². The van der Waals surface area contributed by atoms with Gasteiger partial charge >= 0.3 is 5.97 Å². The Balaban J connectivity index is 2.23. The normalized spacial score (nSPS) is 26.1. The molecule has 3 unspecified atom stereocenters. The molecule has 1 saturated carbocycles. The van der Waals surface area contributed by atoms with Gasteiger partial charge in [0.25, 0.3) is 0 Å². The highest BCUT2D eigenvalue weighted by Gasteiger charge is 2.34. The molecule has 4 nitrogen and oxygen atoms in total. The van der Waals surface area contributed by atoms with E-state index in [0.29, 0.717) is 13.0 Å². The van der Waals surface area contributed by atoms with Gasteiger partial charge in [-0.3, -0.25) is 4.79 Å². The molecular formula is C14H28N2O2. The molecule has 4 heteroatoms. The maximum absolute atomic E-state index is 11.2. The summed E-state index contributed by atoms with van der Waals surface area (Å²) in [5.41, 5.74) is -0.775. The van der Waals surface area contributed by atoms with E-state index >= 15 is 0 Å². The summed E-state index contributed by atoms with van der Waals surface area (Å²) >= 11 is 0. The van der Waals surface area contributed by atoms with Crippen molar-refractivity contribution in [1.29, 1.82) is 0 Å². The maximum atomic E-state index is 11.2. The summed E-state index contributed by atoms with van der Waals surface area (Å²) in [7, 11) is 2.14. The van der Waals surface area contributed by atoms with Gasteiger partial charge in [0, 0.05) is 6.54 Å². The van der Waals surface area contributed by atoms with Crippen molar-refractivity contribution in [2.24, 2.45) is 11.8 Å². The highest BCUT2D eigenvalue weighted by molar-refractivity contribution is 5.78. The van der Waals surface area contributed by atoms with E-state index in [4.69, 9.17) is 0 Å². The molecule has 0 radical (unpaired) electrons. The Morgan fingerprint density at radius 1 is 1.56 bits per heavy atom. The number of nitrogens with one attached hydrogen (secondary N) is 1. The van der Waals surface area contributed by atoms with E-state index < -0.39 is 11.5 Å². The van der Waals surface area contributed by atoms with Gasteiger partial charge in [-0.25, -0.2) is 0 Å². The summed E-state index contributed by atoms with van der Waals surface area (Å²) in [6.45, 7) is 8.86. The summed E-state index contributed by atoms with van der Waals surface area (Å²) in [5.74, 6) is 1.01. The summed E-state index contributed by atoms with van der Waals surface area (Å²) in [6.07, 6.45) is 2.96. The van der Waals surface area contributed by atoms with Crippen LogP contribution < -0.4 is 5.32 Å². The first-order valence-corrected chi connectivity index (χ1v) is 7.06. The lowest BCUT2D eigenvalue weighted by Crippen LogP contribution is -2.49. The van der Waals surface area contributed by atoms with Crippen molar-refractivity contribution in [3.05, 3.63) is 0 Å². The second-order valence-corrected chi connectivity index (χ2v) is 6.01. The lowest BCUT2D eigenvalue weighted by Gasteiger charge is -2.27. The summed E-state index contributed by atoms with van der Waals surface area (Å²) in [5, 5.41) is 12.3. The van der Waals surface area contributed by atoms with E-state index in [1.165, 1.54) is 6.42 Å². The number of nitrogens with zero attached hydrogens (tertiary/aromatic N) is 1. The van der Waals surface area contributed by atoms with Crippen molar-refractivity contribution in [2.75, 3.05) is 26.7 Å². The van der Waals surface area contributed by atoms with Gasteiger partial charge in [0.15, 0.2) is 0 Å². The third-order valence-corrected chi connectivity index (χ3v) is 4.08. The zero-order chi connectivity index (χ0) is 13.8. The molecule has 0 heterocycles. The maximum Gasteiger partial charge on any atom is 0.323 e. The number of carbonyl (C=O) groups is 1. The fourth-order valence-electron chi connectivity index (χ4n) is 2.51. The first kappa shape index (κ1) is 15.4. The lowest BCUT2D eigenvalue weighted by molar-refractivity contribution is -0.144. The van der Waals surface area contributed by atoms with Crippen LogP contribution in [0.1, 0.15) is 40.0 Å². The molecule has 0 amide bonds. The average molecular weight is 256 g/mol. The molecule has 1 aliphatic carbocycles. The molecule has 0 aromatic carbocycles. The highest BCUT2D eigenvalue weighted by Crippen LogP contribution is 2.37. The van der Waals surface area contributed by atoms with Crippen LogP contribution in [-0.2, 0) is 4.79 Å². The molecule has 1 aliphatic rings. The quantitative estimate of drug-likeness (QED) is 0.660. The average Bonchev–Trinajstić information content (AvgIpc) is 2.94. The number of carboxylic acids is 1. The Bertz CT molecular complexity index is 283. The number of likely N-dealkylation sites (N-methyl/N-ethyl adjacent to an activating group) is 1. The number of aliphatic carboxylic acids is 1. The summed E-state index contributed by atoms with van der Waals surface area (Å²) in [4.78, 5) is 13.6. The fraction of sp³-hybridized carbons (Fsp3) is 0.929. The standard InChI is InChI=1S/C14H28N2O2/c1-5-15-14(3,13(17)18)7-6-8-16(4)10-12-9-11(12)2/h11-12,15H,5-10H2,1-4H3,(H,17,18).